The Morgan fingerprint density at radius 3 is 2.74 bits per heavy atom. The molecular weight excluding hydrogens is 455 g/mol. The van der Waals surface area contributed by atoms with Crippen molar-refractivity contribution in [1.29, 1.82) is 0 Å². The average molecular weight is 491 g/mol. The summed E-state index contributed by atoms with van der Waals surface area (Å²) in [6.45, 7) is 7.60. The molecule has 0 spiro atoms. The second-order valence-electron chi connectivity index (χ2n) is 10.7. The van der Waals surface area contributed by atoms with E-state index in [-0.39, 0.29) is 23.0 Å². The Labute approximate surface area is 205 Å². The zero-order valence-corrected chi connectivity index (χ0v) is 21.2. The first kappa shape index (κ1) is 24.1. The molecule has 1 aliphatic carbocycles. The van der Waals surface area contributed by atoms with E-state index >= 15 is 4.39 Å². The molecule has 2 aromatic rings. The predicted octanol–water partition coefficient (Wildman–Crippen LogP) is 4.57. The first-order chi connectivity index (χ1) is 16.3. The topological polar surface area (TPSA) is 68.5 Å². The lowest BCUT2D eigenvalue weighted by Gasteiger charge is -2.38. The van der Waals surface area contributed by atoms with E-state index in [0.717, 1.165) is 44.3 Å². The van der Waals surface area contributed by atoms with Crippen molar-refractivity contribution in [1.82, 2.24) is 19.7 Å². The van der Waals surface area contributed by atoms with Crippen LogP contribution >= 0.6 is 11.6 Å². The lowest BCUT2D eigenvalue weighted by atomic mass is 9.81. The van der Waals surface area contributed by atoms with E-state index in [0.29, 0.717) is 54.1 Å². The first-order valence-electron chi connectivity index (χ1n) is 12.9. The summed E-state index contributed by atoms with van der Waals surface area (Å²) in [7, 11) is 0. The van der Waals surface area contributed by atoms with E-state index in [4.69, 9.17) is 26.3 Å². The van der Waals surface area contributed by atoms with Gasteiger partial charge >= 0.3 is 0 Å². The number of rotatable bonds is 3. The van der Waals surface area contributed by atoms with E-state index in [2.05, 4.69) is 12.2 Å². The monoisotopic (exact) mass is 490 g/mol. The Morgan fingerprint density at radius 2 is 1.97 bits per heavy atom. The molecule has 0 radical (unpaired) electrons. The third kappa shape index (κ3) is 4.63. The Balaban J connectivity index is 1.54. The Hall–Kier alpha value is -1.57. The number of piperidine rings is 1. The third-order valence-electron chi connectivity index (χ3n) is 8.29. The molecule has 0 amide bonds. The molecular formula is C26H36ClFN4O2. The minimum atomic E-state index is -1.12. The van der Waals surface area contributed by atoms with Crippen LogP contribution in [-0.2, 0) is 4.74 Å². The van der Waals surface area contributed by atoms with Crippen molar-refractivity contribution in [3.63, 3.8) is 0 Å². The highest BCUT2D eigenvalue weighted by atomic mass is 35.5. The van der Waals surface area contributed by atoms with E-state index < -0.39 is 12.1 Å². The van der Waals surface area contributed by atoms with E-state index in [1.165, 1.54) is 0 Å². The zero-order chi connectivity index (χ0) is 24.0. The molecule has 34 heavy (non-hydrogen) atoms. The number of aryl methyl sites for hydroxylation is 1. The molecule has 8 heteroatoms. The van der Waals surface area contributed by atoms with Crippen LogP contribution in [-0.4, -0.2) is 51.2 Å². The van der Waals surface area contributed by atoms with Gasteiger partial charge in [0.2, 0.25) is 0 Å². The van der Waals surface area contributed by atoms with E-state index in [1.807, 2.05) is 13.0 Å². The summed E-state index contributed by atoms with van der Waals surface area (Å²) in [5.41, 5.74) is 2.64. The number of nitrogens with one attached hydrogen (secondary N) is 1. The van der Waals surface area contributed by atoms with Crippen molar-refractivity contribution >= 4 is 17.2 Å². The third-order valence-corrected chi connectivity index (χ3v) is 8.69. The van der Waals surface area contributed by atoms with Gasteiger partial charge in [-0.3, -0.25) is 4.79 Å². The molecule has 7 unspecified atom stereocenters. The van der Waals surface area contributed by atoms with Gasteiger partial charge in [-0.15, -0.1) is 11.6 Å². The van der Waals surface area contributed by atoms with Gasteiger partial charge in [0.1, 0.15) is 17.6 Å². The van der Waals surface area contributed by atoms with Gasteiger partial charge < -0.3 is 10.1 Å². The van der Waals surface area contributed by atoms with Crippen LogP contribution in [0.3, 0.4) is 0 Å². The van der Waals surface area contributed by atoms with E-state index in [9.17, 15) is 4.79 Å². The molecule has 186 valence electrons. The molecule has 0 aromatic carbocycles. The zero-order valence-electron chi connectivity index (χ0n) is 20.4. The van der Waals surface area contributed by atoms with Crippen LogP contribution in [0.5, 0.6) is 0 Å². The number of halogens is 2. The van der Waals surface area contributed by atoms with Gasteiger partial charge in [0.25, 0.3) is 5.56 Å². The molecule has 1 N–H and O–H groups in total. The Bertz CT molecular complexity index is 1110. The van der Waals surface area contributed by atoms with Crippen LogP contribution < -0.4 is 10.9 Å². The van der Waals surface area contributed by atoms with Gasteiger partial charge in [0.05, 0.1) is 6.10 Å². The summed E-state index contributed by atoms with van der Waals surface area (Å²) in [6, 6.07) is 2.46. The molecule has 5 rings (SSSR count). The fourth-order valence-electron chi connectivity index (χ4n) is 6.15. The van der Waals surface area contributed by atoms with Crippen LogP contribution in [0.2, 0.25) is 0 Å². The number of aromatic nitrogens is 3. The maximum Gasteiger partial charge on any atom is 0.262 e. The maximum absolute atomic E-state index is 15.3. The molecule has 2 aromatic heterocycles. The van der Waals surface area contributed by atoms with Crippen molar-refractivity contribution in [2.75, 3.05) is 13.2 Å². The fraction of sp³-hybridized carbons (Fsp3) is 0.731. The molecule has 4 heterocycles. The van der Waals surface area contributed by atoms with Crippen LogP contribution in [0.4, 0.5) is 4.39 Å². The molecule has 0 bridgehead atoms. The SMILES string of the molecule is Cc1nc2cc(C3CCOC(C4CCNC(C)C4)C3)nc(C3CCC(Cl)CC3F)n2c(=O)c1C. The highest BCUT2D eigenvalue weighted by Gasteiger charge is 2.36. The number of fused-ring (bicyclic) bond motifs is 1. The minimum absolute atomic E-state index is 0.148. The molecule has 7 atom stereocenters. The standard InChI is InChI=1S/C26H36ClFN4O2/c1-14-10-18(6-8-29-14)23-11-17(7-9-34-23)22-13-24-30-16(3)15(2)26(33)32(24)25(31-22)20-5-4-19(27)12-21(20)28/h13-14,17-21,23,29H,4-12H2,1-3H3. The van der Waals surface area contributed by atoms with Crippen molar-refractivity contribution < 1.29 is 9.13 Å². The minimum Gasteiger partial charge on any atom is -0.378 e. The van der Waals surface area contributed by atoms with Crippen LogP contribution in [0.15, 0.2) is 10.9 Å². The number of hydrogen-bond acceptors (Lipinski definition) is 5. The summed E-state index contributed by atoms with van der Waals surface area (Å²) in [4.78, 5) is 23.0. The normalized spacial score (nSPS) is 34.9. The highest BCUT2D eigenvalue weighted by molar-refractivity contribution is 6.20. The first-order valence-corrected chi connectivity index (χ1v) is 13.3. The molecule has 2 saturated heterocycles. The van der Waals surface area contributed by atoms with Gasteiger partial charge in [0.15, 0.2) is 0 Å². The lowest BCUT2D eigenvalue weighted by Crippen LogP contribution is -2.42. The van der Waals surface area contributed by atoms with Gasteiger partial charge in [-0.25, -0.2) is 18.8 Å². The van der Waals surface area contributed by atoms with Crippen molar-refractivity contribution in [2.24, 2.45) is 5.92 Å². The second-order valence-corrected chi connectivity index (χ2v) is 11.3. The van der Waals surface area contributed by atoms with Gasteiger partial charge in [-0.1, -0.05) is 0 Å². The van der Waals surface area contributed by atoms with Crippen molar-refractivity contribution in [3.8, 4) is 0 Å². The van der Waals surface area contributed by atoms with Crippen LogP contribution in [0.25, 0.3) is 5.65 Å². The van der Waals surface area contributed by atoms with Gasteiger partial charge in [0, 0.05) is 52.9 Å². The predicted molar refractivity (Wildman–Crippen MR) is 132 cm³/mol. The average Bonchev–Trinajstić information content (AvgIpc) is 2.82. The van der Waals surface area contributed by atoms with Crippen molar-refractivity contribution in [3.05, 3.63) is 39.2 Å². The number of alkyl halides is 2. The molecule has 2 aliphatic heterocycles. The smallest absolute Gasteiger partial charge is 0.262 e. The van der Waals surface area contributed by atoms with Crippen molar-refractivity contribution in [2.45, 2.75) is 101 Å². The second kappa shape index (κ2) is 9.82. The Kier molecular flexibility index (Phi) is 6.97. The molecule has 3 fully saturated rings. The highest BCUT2D eigenvalue weighted by Crippen LogP contribution is 2.39. The summed E-state index contributed by atoms with van der Waals surface area (Å²) in [5, 5.41) is 3.36. The van der Waals surface area contributed by atoms with Gasteiger partial charge in [-0.2, -0.15) is 0 Å². The van der Waals surface area contributed by atoms with Crippen LogP contribution in [0.1, 0.15) is 86.5 Å². The largest absolute Gasteiger partial charge is 0.378 e. The molecule has 3 aliphatic rings. The van der Waals surface area contributed by atoms with E-state index in [1.54, 1.807) is 11.3 Å². The summed E-state index contributed by atoms with van der Waals surface area (Å²) in [6.07, 6.45) is 4.72. The Morgan fingerprint density at radius 1 is 1.15 bits per heavy atom. The van der Waals surface area contributed by atoms with Crippen LogP contribution in [0, 0.1) is 19.8 Å². The molecule has 1 saturated carbocycles. The lowest BCUT2D eigenvalue weighted by molar-refractivity contribution is -0.0400. The summed E-state index contributed by atoms with van der Waals surface area (Å²) < 4.78 is 23.0. The number of hydrogen-bond donors (Lipinski definition) is 1. The number of nitrogens with zero attached hydrogens (tertiary/aromatic N) is 3. The fourth-order valence-corrected chi connectivity index (χ4v) is 6.44. The maximum atomic E-state index is 15.3. The number of ether oxygens (including phenoxy) is 1. The van der Waals surface area contributed by atoms with Gasteiger partial charge in [-0.05, 0) is 78.2 Å². The molecule has 6 nitrogen and oxygen atoms in total. The summed E-state index contributed by atoms with van der Waals surface area (Å²) in [5.74, 6) is 0.829. The summed E-state index contributed by atoms with van der Waals surface area (Å²) >= 11 is 6.25. The quantitative estimate of drug-likeness (QED) is 0.638.